The minimum atomic E-state index is -0.296. The third-order valence-electron chi connectivity index (χ3n) is 3.62. The van der Waals surface area contributed by atoms with Crippen molar-refractivity contribution in [2.45, 2.75) is 26.2 Å². The fourth-order valence-corrected chi connectivity index (χ4v) is 2.58. The lowest BCUT2D eigenvalue weighted by Gasteiger charge is -2.18. The highest BCUT2D eigenvalue weighted by Gasteiger charge is 2.27. The third-order valence-corrected chi connectivity index (χ3v) is 3.62. The van der Waals surface area contributed by atoms with E-state index in [0.29, 0.717) is 29.7 Å². The third kappa shape index (κ3) is 2.45. The van der Waals surface area contributed by atoms with E-state index in [9.17, 15) is 4.39 Å². The first-order chi connectivity index (χ1) is 9.78. The van der Waals surface area contributed by atoms with E-state index in [0.717, 1.165) is 25.9 Å². The molecular weight excluding hydrogens is 261 g/mol. The van der Waals surface area contributed by atoms with Crippen LogP contribution < -0.4 is 4.90 Å². The Labute approximate surface area is 115 Å². The van der Waals surface area contributed by atoms with Crippen LogP contribution in [0.1, 0.15) is 24.9 Å². The number of hydrogen-bond donors (Lipinski definition) is 1. The van der Waals surface area contributed by atoms with E-state index in [1.807, 2.05) is 11.8 Å². The zero-order valence-corrected chi connectivity index (χ0v) is 11.3. The van der Waals surface area contributed by atoms with Crippen LogP contribution in [-0.2, 0) is 12.8 Å². The summed E-state index contributed by atoms with van der Waals surface area (Å²) >= 11 is 0. The van der Waals surface area contributed by atoms with Crippen molar-refractivity contribution >= 4 is 5.82 Å². The zero-order chi connectivity index (χ0) is 13.9. The molecule has 0 amide bonds. The normalized spacial score (nSPS) is 18.7. The zero-order valence-electron chi connectivity index (χ0n) is 11.3. The van der Waals surface area contributed by atoms with E-state index in [1.165, 1.54) is 6.33 Å². The smallest absolute Gasteiger partial charge is 0.187 e. The van der Waals surface area contributed by atoms with E-state index in [-0.39, 0.29) is 5.82 Å². The molecule has 1 fully saturated rings. The molecule has 0 bridgehead atoms. The van der Waals surface area contributed by atoms with Gasteiger partial charge in [-0.05, 0) is 18.8 Å². The maximum Gasteiger partial charge on any atom is 0.187 e. The van der Waals surface area contributed by atoms with Crippen molar-refractivity contribution in [2.75, 3.05) is 18.0 Å². The van der Waals surface area contributed by atoms with Crippen molar-refractivity contribution < 1.29 is 4.39 Å². The van der Waals surface area contributed by atoms with Gasteiger partial charge in [0.05, 0.1) is 5.69 Å². The molecule has 3 rings (SSSR count). The lowest BCUT2D eigenvalue weighted by atomic mass is 10.1. The van der Waals surface area contributed by atoms with Crippen LogP contribution in [0.25, 0.3) is 0 Å². The summed E-state index contributed by atoms with van der Waals surface area (Å²) in [7, 11) is 0. The standard InChI is InChI=1S/C12H16FN7/c1-2-9-11(13)12(15-7-14-9)20-4-3-8(6-20)5-10-16-18-19-17-10/h7-8H,2-6H2,1H3,(H,16,17,18,19)/t8-/m1/s1. The van der Waals surface area contributed by atoms with Gasteiger partial charge in [-0.2, -0.15) is 5.21 Å². The fraction of sp³-hybridized carbons (Fsp3) is 0.583. The highest BCUT2D eigenvalue weighted by atomic mass is 19.1. The molecule has 7 nitrogen and oxygen atoms in total. The SMILES string of the molecule is CCc1ncnc(N2CC[C@H](Cc3nn[nH]n3)C2)c1F. The van der Waals surface area contributed by atoms with Crippen molar-refractivity contribution in [3.63, 3.8) is 0 Å². The van der Waals surface area contributed by atoms with Crippen LogP contribution in [-0.4, -0.2) is 43.7 Å². The summed E-state index contributed by atoms with van der Waals surface area (Å²) in [6.07, 6.45) is 3.73. The molecule has 8 heteroatoms. The topological polar surface area (TPSA) is 83.5 Å². The van der Waals surface area contributed by atoms with E-state index in [2.05, 4.69) is 30.6 Å². The van der Waals surface area contributed by atoms with Crippen LogP contribution in [0, 0.1) is 11.7 Å². The first-order valence-corrected chi connectivity index (χ1v) is 6.74. The summed E-state index contributed by atoms with van der Waals surface area (Å²) < 4.78 is 14.2. The van der Waals surface area contributed by atoms with Crippen LogP contribution in [0.5, 0.6) is 0 Å². The van der Waals surface area contributed by atoms with E-state index < -0.39 is 0 Å². The van der Waals surface area contributed by atoms with Crippen LogP contribution >= 0.6 is 0 Å². The van der Waals surface area contributed by atoms with Crippen molar-refractivity contribution in [1.82, 2.24) is 30.6 Å². The van der Waals surface area contributed by atoms with Gasteiger partial charge in [0.25, 0.3) is 0 Å². The van der Waals surface area contributed by atoms with Gasteiger partial charge in [0.15, 0.2) is 17.5 Å². The Morgan fingerprint density at radius 3 is 3.10 bits per heavy atom. The molecule has 0 aliphatic carbocycles. The summed E-state index contributed by atoms with van der Waals surface area (Å²) in [6.45, 7) is 3.43. The number of aromatic amines is 1. The average Bonchev–Trinajstić information content (AvgIpc) is 3.11. The Morgan fingerprint density at radius 1 is 1.45 bits per heavy atom. The second-order valence-electron chi connectivity index (χ2n) is 4.94. The van der Waals surface area contributed by atoms with Gasteiger partial charge in [0, 0.05) is 19.5 Å². The molecule has 0 spiro atoms. The molecule has 0 radical (unpaired) electrons. The van der Waals surface area contributed by atoms with Crippen molar-refractivity contribution in [1.29, 1.82) is 0 Å². The Morgan fingerprint density at radius 2 is 2.35 bits per heavy atom. The number of nitrogens with one attached hydrogen (secondary N) is 1. The largest absolute Gasteiger partial charge is 0.354 e. The Kier molecular flexibility index (Phi) is 3.53. The van der Waals surface area contributed by atoms with Crippen molar-refractivity contribution in [3.05, 3.63) is 23.7 Å². The summed E-state index contributed by atoms with van der Waals surface area (Å²) in [5, 5.41) is 13.9. The number of nitrogens with zero attached hydrogens (tertiary/aromatic N) is 6. The summed E-state index contributed by atoms with van der Waals surface area (Å²) in [5.41, 5.74) is 0.469. The molecule has 1 saturated heterocycles. The minimum Gasteiger partial charge on any atom is -0.354 e. The Balaban J connectivity index is 1.71. The molecule has 20 heavy (non-hydrogen) atoms. The summed E-state index contributed by atoms with van der Waals surface area (Å²) in [5.74, 6) is 1.21. The summed E-state index contributed by atoms with van der Waals surface area (Å²) in [4.78, 5) is 10.0. The number of anilines is 1. The number of halogens is 1. The van der Waals surface area contributed by atoms with Crippen LogP contribution in [0.4, 0.5) is 10.2 Å². The minimum absolute atomic E-state index is 0.296. The quantitative estimate of drug-likeness (QED) is 0.888. The van der Waals surface area contributed by atoms with Gasteiger partial charge in [0.2, 0.25) is 0 Å². The number of aromatic nitrogens is 6. The summed E-state index contributed by atoms with van der Waals surface area (Å²) in [6, 6.07) is 0. The van der Waals surface area contributed by atoms with Gasteiger partial charge in [-0.25, -0.2) is 14.4 Å². The molecule has 3 heterocycles. The molecule has 1 aliphatic heterocycles. The molecule has 0 aromatic carbocycles. The number of tetrazole rings is 1. The van der Waals surface area contributed by atoms with E-state index in [4.69, 9.17) is 0 Å². The molecule has 1 N–H and O–H groups in total. The van der Waals surface area contributed by atoms with Crippen LogP contribution in [0.15, 0.2) is 6.33 Å². The monoisotopic (exact) mass is 277 g/mol. The highest BCUT2D eigenvalue weighted by molar-refractivity contribution is 5.42. The number of rotatable bonds is 4. The number of aryl methyl sites for hydroxylation is 1. The van der Waals surface area contributed by atoms with E-state index in [1.54, 1.807) is 0 Å². The van der Waals surface area contributed by atoms with Crippen LogP contribution in [0.2, 0.25) is 0 Å². The average molecular weight is 277 g/mol. The van der Waals surface area contributed by atoms with Gasteiger partial charge >= 0.3 is 0 Å². The lowest BCUT2D eigenvalue weighted by Crippen LogP contribution is -2.23. The van der Waals surface area contributed by atoms with Gasteiger partial charge in [-0.1, -0.05) is 12.1 Å². The van der Waals surface area contributed by atoms with Gasteiger partial charge in [-0.15, -0.1) is 10.2 Å². The predicted molar refractivity (Wildman–Crippen MR) is 69.6 cm³/mol. The van der Waals surface area contributed by atoms with Gasteiger partial charge in [-0.3, -0.25) is 0 Å². The molecule has 106 valence electrons. The molecule has 2 aromatic rings. The van der Waals surface area contributed by atoms with Crippen LogP contribution in [0.3, 0.4) is 0 Å². The molecule has 0 saturated carbocycles. The molecule has 0 unspecified atom stereocenters. The maximum absolute atomic E-state index is 14.2. The molecule has 1 atom stereocenters. The number of H-pyrrole nitrogens is 1. The Hall–Kier alpha value is -2.12. The molecule has 1 aliphatic rings. The Bertz CT molecular complexity index is 571. The fourth-order valence-electron chi connectivity index (χ4n) is 2.58. The van der Waals surface area contributed by atoms with Gasteiger partial charge < -0.3 is 4.90 Å². The molecular formula is C12H16FN7. The predicted octanol–water partition coefficient (Wildman–Crippen LogP) is 0.760. The first-order valence-electron chi connectivity index (χ1n) is 6.74. The second-order valence-corrected chi connectivity index (χ2v) is 4.94. The molecule has 2 aromatic heterocycles. The second kappa shape index (κ2) is 5.48. The van der Waals surface area contributed by atoms with Crippen molar-refractivity contribution in [3.8, 4) is 0 Å². The first kappa shape index (κ1) is 12.9. The maximum atomic E-state index is 14.2. The lowest BCUT2D eigenvalue weighted by molar-refractivity contribution is 0.561. The van der Waals surface area contributed by atoms with Crippen molar-refractivity contribution in [2.24, 2.45) is 5.92 Å². The van der Waals surface area contributed by atoms with E-state index >= 15 is 0 Å². The highest BCUT2D eigenvalue weighted by Crippen LogP contribution is 2.26. The number of hydrogen-bond acceptors (Lipinski definition) is 6. The van der Waals surface area contributed by atoms with Gasteiger partial charge in [0.1, 0.15) is 6.33 Å².